The summed E-state index contributed by atoms with van der Waals surface area (Å²) in [7, 11) is 0. The van der Waals surface area contributed by atoms with Crippen LogP contribution < -0.4 is 10.2 Å². The minimum absolute atomic E-state index is 0.00565. The fourth-order valence-corrected chi connectivity index (χ4v) is 4.10. The van der Waals surface area contributed by atoms with Gasteiger partial charge in [-0.05, 0) is 67.6 Å². The molecule has 0 bridgehead atoms. The molecule has 4 rings (SSSR count). The topological polar surface area (TPSA) is 81.9 Å². The van der Waals surface area contributed by atoms with Crippen LogP contribution in [-0.4, -0.2) is 35.5 Å². The maximum absolute atomic E-state index is 12.2. The predicted octanol–water partition coefficient (Wildman–Crippen LogP) is 4.29. The van der Waals surface area contributed by atoms with Crippen LogP contribution in [0, 0.1) is 18.3 Å². The van der Waals surface area contributed by atoms with Gasteiger partial charge < -0.3 is 10.2 Å². The molecule has 2 aromatic carbocycles. The molecule has 0 saturated carbocycles. The summed E-state index contributed by atoms with van der Waals surface area (Å²) in [6, 6.07) is 18.1. The first-order valence-corrected chi connectivity index (χ1v) is 11.1. The van der Waals surface area contributed by atoms with E-state index in [1.165, 1.54) is 30.5 Å². The molecule has 32 heavy (non-hydrogen) atoms. The van der Waals surface area contributed by atoms with Crippen molar-refractivity contribution >= 4 is 11.6 Å². The van der Waals surface area contributed by atoms with Crippen LogP contribution in [0.25, 0.3) is 11.3 Å². The number of aryl methyl sites for hydroxylation is 1. The van der Waals surface area contributed by atoms with E-state index in [0.717, 1.165) is 35.7 Å². The predicted molar refractivity (Wildman–Crippen MR) is 125 cm³/mol. The van der Waals surface area contributed by atoms with Crippen molar-refractivity contribution in [1.82, 2.24) is 15.3 Å². The van der Waals surface area contributed by atoms with Gasteiger partial charge in [0.05, 0.1) is 11.8 Å². The number of rotatable bonds is 6. The molecule has 0 spiro atoms. The first kappa shape index (κ1) is 21.5. The summed E-state index contributed by atoms with van der Waals surface area (Å²) < 4.78 is 0. The first-order chi connectivity index (χ1) is 15.6. The number of nitrogens with zero attached hydrogens (tertiary/aromatic N) is 4. The van der Waals surface area contributed by atoms with E-state index in [2.05, 4.69) is 39.5 Å². The van der Waals surface area contributed by atoms with Crippen LogP contribution in [-0.2, 0) is 6.42 Å². The van der Waals surface area contributed by atoms with Gasteiger partial charge in [0.25, 0.3) is 5.91 Å². The van der Waals surface area contributed by atoms with Gasteiger partial charge in [0.15, 0.2) is 0 Å². The van der Waals surface area contributed by atoms with Gasteiger partial charge in [-0.25, -0.2) is 9.97 Å². The van der Waals surface area contributed by atoms with Gasteiger partial charge in [0.2, 0.25) is 0 Å². The summed E-state index contributed by atoms with van der Waals surface area (Å²) in [5.74, 6) is 0.522. The van der Waals surface area contributed by atoms with Crippen molar-refractivity contribution in [1.29, 1.82) is 5.26 Å². The second kappa shape index (κ2) is 10.1. The van der Waals surface area contributed by atoms with Crippen molar-refractivity contribution < 1.29 is 4.79 Å². The maximum atomic E-state index is 12.2. The van der Waals surface area contributed by atoms with Crippen LogP contribution in [0.2, 0.25) is 0 Å². The average molecular weight is 426 g/mol. The number of amides is 1. The number of benzene rings is 2. The highest BCUT2D eigenvalue weighted by molar-refractivity contribution is 5.96. The molecule has 0 atom stereocenters. The number of piperidine rings is 1. The number of hydrogen-bond acceptors (Lipinski definition) is 5. The number of carbonyl (C=O) groups excluding carboxylic acids is 1. The van der Waals surface area contributed by atoms with Crippen LogP contribution in [0.15, 0.2) is 54.7 Å². The second-order valence-electron chi connectivity index (χ2n) is 8.12. The summed E-state index contributed by atoms with van der Waals surface area (Å²) >= 11 is 0. The molecule has 1 saturated heterocycles. The SMILES string of the molecule is Cc1cc(-c2ccnc(Cc3ccc(N4CCCCC4)cc3)n2)ccc1C(=O)NCC#N. The Bertz CT molecular complexity index is 1130. The molecule has 1 aromatic heterocycles. The minimum Gasteiger partial charge on any atom is -0.372 e. The lowest BCUT2D eigenvalue weighted by atomic mass is 10.0. The van der Waals surface area contributed by atoms with E-state index in [9.17, 15) is 4.79 Å². The maximum Gasteiger partial charge on any atom is 0.252 e. The van der Waals surface area contributed by atoms with Crippen LogP contribution in [0.4, 0.5) is 5.69 Å². The van der Waals surface area contributed by atoms with Crippen molar-refractivity contribution in [2.45, 2.75) is 32.6 Å². The fourth-order valence-electron chi connectivity index (χ4n) is 4.10. The number of aromatic nitrogens is 2. The van der Waals surface area contributed by atoms with Gasteiger partial charge in [0.1, 0.15) is 12.4 Å². The highest BCUT2D eigenvalue weighted by Crippen LogP contribution is 2.23. The highest BCUT2D eigenvalue weighted by Gasteiger charge is 2.12. The van der Waals surface area contributed by atoms with Gasteiger partial charge in [0, 0.05) is 42.5 Å². The van der Waals surface area contributed by atoms with Gasteiger partial charge in [-0.2, -0.15) is 5.26 Å². The zero-order valence-electron chi connectivity index (χ0n) is 18.3. The molecular weight excluding hydrogens is 398 g/mol. The van der Waals surface area contributed by atoms with Crippen LogP contribution in [0.5, 0.6) is 0 Å². The number of nitrogens with one attached hydrogen (secondary N) is 1. The zero-order valence-corrected chi connectivity index (χ0v) is 18.3. The van der Waals surface area contributed by atoms with E-state index in [1.54, 1.807) is 12.3 Å². The fraction of sp³-hybridized carbons (Fsp3) is 0.308. The van der Waals surface area contributed by atoms with Gasteiger partial charge in [-0.15, -0.1) is 0 Å². The zero-order chi connectivity index (χ0) is 22.3. The Kier molecular flexibility index (Phi) is 6.76. The molecule has 1 N–H and O–H groups in total. The van der Waals surface area contributed by atoms with E-state index >= 15 is 0 Å². The van der Waals surface area contributed by atoms with Crippen molar-refractivity contribution in [2.24, 2.45) is 0 Å². The Morgan fingerprint density at radius 1 is 1.09 bits per heavy atom. The van der Waals surface area contributed by atoms with Crippen molar-refractivity contribution in [2.75, 3.05) is 24.5 Å². The molecule has 1 aliphatic rings. The molecule has 1 fully saturated rings. The molecular formula is C26H27N5O. The number of anilines is 1. The molecule has 2 heterocycles. The smallest absolute Gasteiger partial charge is 0.252 e. The van der Waals surface area contributed by atoms with Crippen LogP contribution in [0.3, 0.4) is 0 Å². The van der Waals surface area contributed by atoms with Crippen LogP contribution in [0.1, 0.15) is 46.6 Å². The summed E-state index contributed by atoms with van der Waals surface area (Å²) in [6.07, 6.45) is 6.32. The second-order valence-corrected chi connectivity index (χ2v) is 8.12. The quantitative estimate of drug-likeness (QED) is 0.596. The number of nitriles is 1. The molecule has 0 radical (unpaired) electrons. The third-order valence-electron chi connectivity index (χ3n) is 5.82. The Morgan fingerprint density at radius 3 is 2.59 bits per heavy atom. The molecule has 1 amide bonds. The largest absolute Gasteiger partial charge is 0.372 e. The van der Waals surface area contributed by atoms with E-state index in [-0.39, 0.29) is 12.5 Å². The molecule has 3 aromatic rings. The highest BCUT2D eigenvalue weighted by atomic mass is 16.1. The van der Waals surface area contributed by atoms with E-state index in [1.807, 2.05) is 31.2 Å². The molecule has 6 nitrogen and oxygen atoms in total. The summed E-state index contributed by atoms with van der Waals surface area (Å²) in [4.78, 5) is 23.8. The van der Waals surface area contributed by atoms with Crippen molar-refractivity contribution in [3.8, 4) is 17.3 Å². The molecule has 0 unspecified atom stereocenters. The first-order valence-electron chi connectivity index (χ1n) is 11.1. The van der Waals surface area contributed by atoms with Crippen molar-refractivity contribution in [3.05, 3.63) is 77.2 Å². The number of carbonyl (C=O) groups is 1. The minimum atomic E-state index is -0.244. The van der Waals surface area contributed by atoms with Crippen LogP contribution >= 0.6 is 0 Å². The van der Waals surface area contributed by atoms with E-state index < -0.39 is 0 Å². The molecule has 6 heteroatoms. The lowest BCUT2D eigenvalue weighted by Gasteiger charge is -2.28. The molecule has 1 aliphatic heterocycles. The average Bonchev–Trinajstić information content (AvgIpc) is 2.83. The van der Waals surface area contributed by atoms with Gasteiger partial charge >= 0.3 is 0 Å². The normalized spacial score (nSPS) is 13.4. The summed E-state index contributed by atoms with van der Waals surface area (Å²) in [5, 5.41) is 11.2. The Hall–Kier alpha value is -3.72. The van der Waals surface area contributed by atoms with E-state index in [4.69, 9.17) is 10.2 Å². The lowest BCUT2D eigenvalue weighted by Crippen LogP contribution is -2.29. The van der Waals surface area contributed by atoms with Gasteiger partial charge in [-0.3, -0.25) is 4.79 Å². The lowest BCUT2D eigenvalue weighted by molar-refractivity contribution is 0.0958. The number of hydrogen-bond donors (Lipinski definition) is 1. The Balaban J connectivity index is 1.47. The Labute approximate surface area is 188 Å². The molecule has 162 valence electrons. The monoisotopic (exact) mass is 425 g/mol. The third kappa shape index (κ3) is 5.12. The summed E-state index contributed by atoms with van der Waals surface area (Å²) in [5.41, 5.74) is 5.63. The molecule has 0 aliphatic carbocycles. The van der Waals surface area contributed by atoms with Crippen molar-refractivity contribution in [3.63, 3.8) is 0 Å². The van der Waals surface area contributed by atoms with Gasteiger partial charge in [-0.1, -0.05) is 18.2 Å². The summed E-state index contributed by atoms with van der Waals surface area (Å²) in [6.45, 7) is 4.16. The third-order valence-corrected chi connectivity index (χ3v) is 5.82. The van der Waals surface area contributed by atoms with E-state index in [0.29, 0.717) is 12.0 Å². The Morgan fingerprint density at radius 2 is 1.88 bits per heavy atom. The standard InChI is InChI=1S/C26H27N5O/c1-19-17-21(7-10-23(19)26(32)29-14-12-27)24-11-13-28-25(30-24)18-20-5-8-22(9-6-20)31-15-3-2-4-16-31/h5-11,13,17H,2-4,14-16,18H2,1H3,(H,29,32).